The average Bonchev–Trinajstić information content (AvgIpc) is 2.98. The summed E-state index contributed by atoms with van der Waals surface area (Å²) in [5, 5.41) is 12.9. The number of carboxylic acids is 1. The topological polar surface area (TPSA) is 65.0 Å². The van der Waals surface area contributed by atoms with E-state index in [-0.39, 0.29) is 0 Å². The van der Waals surface area contributed by atoms with Crippen molar-refractivity contribution < 1.29 is 24.1 Å². The SMILES string of the molecule is COc1ccc([PH](CCCCCCCCCCCC(=O)O)(c2ccc(OC)cc2)c2ccc(OC)cc2)cc1. The molecule has 0 aliphatic heterocycles. The van der Waals surface area contributed by atoms with E-state index in [1.807, 2.05) is 0 Å². The van der Waals surface area contributed by atoms with E-state index in [0.29, 0.717) is 6.42 Å². The number of carboxylic acid groups (broad SMARTS) is 1. The fourth-order valence-corrected chi connectivity index (χ4v) is 10.3. The van der Waals surface area contributed by atoms with Crippen LogP contribution in [-0.4, -0.2) is 38.6 Å². The molecule has 0 aromatic heterocycles. The van der Waals surface area contributed by atoms with Crippen molar-refractivity contribution in [3.8, 4) is 17.2 Å². The zero-order valence-corrected chi connectivity index (χ0v) is 24.8. The van der Waals surface area contributed by atoms with Gasteiger partial charge < -0.3 is 5.11 Å². The summed E-state index contributed by atoms with van der Waals surface area (Å²) in [6, 6.07) is 26.0. The Balaban J connectivity index is 1.77. The Morgan fingerprint density at radius 1 is 0.538 bits per heavy atom. The molecule has 0 atom stereocenters. The summed E-state index contributed by atoms with van der Waals surface area (Å²) in [4.78, 5) is 10.6. The van der Waals surface area contributed by atoms with E-state index in [1.54, 1.807) is 21.3 Å². The first-order valence-corrected chi connectivity index (χ1v) is 16.4. The minimum atomic E-state index is -2.35. The third-order valence-corrected chi connectivity index (χ3v) is 12.8. The van der Waals surface area contributed by atoms with Gasteiger partial charge in [-0.2, -0.15) is 0 Å². The van der Waals surface area contributed by atoms with Gasteiger partial charge in [-0.1, -0.05) is 0 Å². The van der Waals surface area contributed by atoms with Crippen LogP contribution >= 0.6 is 7.26 Å². The predicted molar refractivity (Wildman–Crippen MR) is 165 cm³/mol. The second-order valence-electron chi connectivity index (χ2n) is 10.2. The summed E-state index contributed by atoms with van der Waals surface area (Å²) in [5.74, 6) is 1.92. The Hall–Kier alpha value is -3.04. The Labute approximate surface area is 234 Å². The molecule has 0 heterocycles. The first-order valence-electron chi connectivity index (χ1n) is 14.2. The van der Waals surface area contributed by atoms with Crippen LogP contribution in [0, 0.1) is 0 Å². The molecule has 0 bridgehead atoms. The number of hydrogen-bond donors (Lipinski definition) is 1. The van der Waals surface area contributed by atoms with Crippen LogP contribution in [-0.2, 0) is 4.79 Å². The van der Waals surface area contributed by atoms with Crippen molar-refractivity contribution >= 4 is 29.1 Å². The predicted octanol–water partition coefficient (Wildman–Crippen LogP) is 6.72. The summed E-state index contributed by atoms with van der Waals surface area (Å²) in [7, 11) is 2.79. The summed E-state index contributed by atoms with van der Waals surface area (Å²) >= 11 is 0. The first kappa shape index (κ1) is 30.5. The summed E-state index contributed by atoms with van der Waals surface area (Å²) < 4.78 is 16.5. The normalized spacial score (nSPS) is 11.7. The minimum absolute atomic E-state index is 0.294. The standard InChI is InChI=1S/C33H45O5P/c1-36-27-14-20-30(21-15-27)39(31-22-16-28(37-2)17-23-31,32-24-18-29(38-3)19-25-32)26-12-10-8-6-4-5-7-9-11-13-33(34)35/h14-25,39H,4-13,26H2,1-3H3,(H,34,35). The van der Waals surface area contributed by atoms with Gasteiger partial charge in [0.2, 0.25) is 0 Å². The van der Waals surface area contributed by atoms with Crippen molar-refractivity contribution in [2.24, 2.45) is 0 Å². The molecule has 39 heavy (non-hydrogen) atoms. The molecular formula is C33H45O5P. The van der Waals surface area contributed by atoms with Gasteiger partial charge in [0.05, 0.1) is 0 Å². The molecule has 0 saturated heterocycles. The molecule has 1 N–H and O–H groups in total. The molecule has 212 valence electrons. The quantitative estimate of drug-likeness (QED) is 0.140. The Bertz CT molecular complexity index is 995. The molecule has 6 heteroatoms. The van der Waals surface area contributed by atoms with E-state index in [4.69, 9.17) is 19.3 Å². The first-order chi connectivity index (χ1) is 19.0. The van der Waals surface area contributed by atoms with Gasteiger partial charge in [-0.3, -0.25) is 4.79 Å². The van der Waals surface area contributed by atoms with Crippen LogP contribution in [0.4, 0.5) is 0 Å². The number of hydrogen-bond acceptors (Lipinski definition) is 4. The van der Waals surface area contributed by atoms with Gasteiger partial charge in [0.15, 0.2) is 0 Å². The molecule has 0 amide bonds. The van der Waals surface area contributed by atoms with Crippen molar-refractivity contribution in [2.45, 2.75) is 64.2 Å². The Kier molecular flexibility index (Phi) is 12.6. The Morgan fingerprint density at radius 2 is 0.846 bits per heavy atom. The summed E-state index contributed by atoms with van der Waals surface area (Å²) in [6.45, 7) is 0. The fraction of sp³-hybridized carbons (Fsp3) is 0.424. The second kappa shape index (κ2) is 16.2. The number of ether oxygens (including phenoxy) is 3. The maximum absolute atomic E-state index is 10.6. The van der Waals surface area contributed by atoms with Gasteiger partial charge in [0, 0.05) is 0 Å². The van der Waals surface area contributed by atoms with Crippen molar-refractivity contribution in [3.05, 3.63) is 72.8 Å². The Morgan fingerprint density at radius 3 is 1.15 bits per heavy atom. The van der Waals surface area contributed by atoms with Crippen LogP contribution in [0.1, 0.15) is 64.2 Å². The number of unbranched alkanes of at least 4 members (excludes halogenated alkanes) is 8. The van der Waals surface area contributed by atoms with E-state index < -0.39 is 13.2 Å². The van der Waals surface area contributed by atoms with Gasteiger partial charge in [0.25, 0.3) is 0 Å². The van der Waals surface area contributed by atoms with Crippen molar-refractivity contribution in [1.29, 1.82) is 0 Å². The zero-order valence-electron chi connectivity index (χ0n) is 23.8. The molecule has 3 aromatic rings. The van der Waals surface area contributed by atoms with Gasteiger partial charge in [0.1, 0.15) is 0 Å². The van der Waals surface area contributed by atoms with E-state index >= 15 is 0 Å². The number of benzene rings is 3. The zero-order chi connectivity index (χ0) is 27.9. The van der Waals surface area contributed by atoms with Crippen LogP contribution in [0.15, 0.2) is 72.8 Å². The summed E-state index contributed by atoms with van der Waals surface area (Å²) in [5.41, 5.74) is 0. The monoisotopic (exact) mass is 552 g/mol. The molecule has 0 spiro atoms. The van der Waals surface area contributed by atoms with Crippen molar-refractivity contribution in [1.82, 2.24) is 0 Å². The molecule has 0 aliphatic carbocycles. The molecule has 0 unspecified atom stereocenters. The van der Waals surface area contributed by atoms with Crippen LogP contribution in [0.3, 0.4) is 0 Å². The molecule has 5 nitrogen and oxygen atoms in total. The molecule has 0 fully saturated rings. The van der Waals surface area contributed by atoms with Crippen molar-refractivity contribution in [2.75, 3.05) is 27.5 Å². The molecular weight excluding hydrogens is 507 g/mol. The second-order valence-corrected chi connectivity index (χ2v) is 14.2. The van der Waals surface area contributed by atoms with E-state index in [2.05, 4.69) is 72.8 Å². The number of rotatable bonds is 18. The van der Waals surface area contributed by atoms with Gasteiger partial charge in [-0.25, -0.2) is 0 Å². The number of aliphatic carboxylic acids is 1. The van der Waals surface area contributed by atoms with Crippen LogP contribution in [0.25, 0.3) is 0 Å². The molecule has 0 radical (unpaired) electrons. The van der Waals surface area contributed by atoms with Crippen LogP contribution < -0.4 is 30.1 Å². The van der Waals surface area contributed by atoms with Crippen LogP contribution in [0.5, 0.6) is 17.2 Å². The van der Waals surface area contributed by atoms with Gasteiger partial charge >= 0.3 is 225 Å². The average molecular weight is 553 g/mol. The number of carbonyl (C=O) groups is 1. The van der Waals surface area contributed by atoms with E-state index in [1.165, 1.54) is 48.0 Å². The molecule has 0 saturated carbocycles. The van der Waals surface area contributed by atoms with E-state index in [9.17, 15) is 4.79 Å². The van der Waals surface area contributed by atoms with Gasteiger partial charge in [-0.15, -0.1) is 0 Å². The van der Waals surface area contributed by atoms with Crippen molar-refractivity contribution in [3.63, 3.8) is 0 Å². The van der Waals surface area contributed by atoms with E-state index in [0.717, 1.165) is 49.1 Å². The number of methoxy groups -OCH3 is 3. The summed E-state index contributed by atoms with van der Waals surface area (Å²) in [6.07, 6.45) is 11.6. The fourth-order valence-electron chi connectivity index (χ4n) is 5.46. The van der Waals surface area contributed by atoms with Gasteiger partial charge in [-0.05, 0) is 0 Å². The molecule has 3 aromatic carbocycles. The molecule has 3 rings (SSSR count). The maximum atomic E-state index is 10.6. The third kappa shape index (κ3) is 8.73. The van der Waals surface area contributed by atoms with Crippen LogP contribution in [0.2, 0.25) is 0 Å². The third-order valence-electron chi connectivity index (χ3n) is 7.69. The molecule has 0 aliphatic rings.